The van der Waals surface area contributed by atoms with Crippen molar-refractivity contribution in [3.05, 3.63) is 44.8 Å². The van der Waals surface area contributed by atoms with Gasteiger partial charge in [0.2, 0.25) is 0 Å². The second kappa shape index (κ2) is 11.9. The van der Waals surface area contributed by atoms with Gasteiger partial charge in [0.05, 0.1) is 0 Å². The Kier molecular flexibility index (Phi) is 9.95. The topological polar surface area (TPSA) is 39.7 Å². The van der Waals surface area contributed by atoms with E-state index in [-0.39, 0.29) is 24.0 Å². The molecule has 4 nitrogen and oxygen atoms in total. The molecule has 1 saturated heterocycles. The van der Waals surface area contributed by atoms with Gasteiger partial charge in [0.1, 0.15) is 0 Å². The average molecular weight is 505 g/mol. The van der Waals surface area contributed by atoms with Crippen molar-refractivity contribution in [2.75, 3.05) is 33.2 Å². The first-order valence-electron chi connectivity index (χ1n) is 9.05. The molecule has 0 unspecified atom stereocenters. The molecule has 0 spiro atoms. The quantitative estimate of drug-likeness (QED) is 0.340. The molecule has 3 heterocycles. The Labute approximate surface area is 182 Å². The Morgan fingerprint density at radius 2 is 1.81 bits per heavy atom. The van der Waals surface area contributed by atoms with Crippen LogP contribution in [0.15, 0.2) is 40.0 Å². The van der Waals surface area contributed by atoms with E-state index >= 15 is 0 Å². The fourth-order valence-corrected chi connectivity index (χ4v) is 4.65. The number of rotatable bonds is 7. The maximum atomic E-state index is 4.34. The standard InChI is InChI=1S/C19H28N4S2.HI/c1-20-19(21-9-6-17-4-2-12-24-17)22-14-16-7-10-23(11-8-16)15-18-5-3-13-25-18;/h2-5,12-13,16H,6-11,14-15H2,1H3,(H2,20,21,22);1H. The highest BCUT2D eigenvalue weighted by Gasteiger charge is 2.19. The molecule has 0 amide bonds. The predicted octanol–water partition coefficient (Wildman–Crippen LogP) is 4.05. The second-order valence-electron chi connectivity index (χ2n) is 6.51. The lowest BCUT2D eigenvalue weighted by Gasteiger charge is -2.32. The van der Waals surface area contributed by atoms with Crippen LogP contribution in [0.3, 0.4) is 0 Å². The Hall–Kier alpha value is -0.640. The lowest BCUT2D eigenvalue weighted by atomic mass is 9.97. The molecule has 3 rings (SSSR count). The van der Waals surface area contributed by atoms with Crippen LogP contribution in [0, 0.1) is 5.92 Å². The minimum Gasteiger partial charge on any atom is -0.356 e. The van der Waals surface area contributed by atoms with Crippen molar-refractivity contribution < 1.29 is 0 Å². The molecule has 7 heteroatoms. The summed E-state index contributed by atoms with van der Waals surface area (Å²) in [5, 5.41) is 11.2. The first kappa shape index (κ1) is 21.7. The fourth-order valence-electron chi connectivity index (χ4n) is 3.19. The van der Waals surface area contributed by atoms with Crippen molar-refractivity contribution in [2.45, 2.75) is 25.8 Å². The number of thiophene rings is 2. The van der Waals surface area contributed by atoms with Crippen molar-refractivity contribution in [1.82, 2.24) is 15.5 Å². The largest absolute Gasteiger partial charge is 0.356 e. The lowest BCUT2D eigenvalue weighted by molar-refractivity contribution is 0.179. The number of hydrogen-bond donors (Lipinski definition) is 2. The maximum Gasteiger partial charge on any atom is 0.190 e. The molecule has 0 aliphatic carbocycles. The average Bonchev–Trinajstić information content (AvgIpc) is 3.33. The van der Waals surface area contributed by atoms with Gasteiger partial charge in [-0.2, -0.15) is 0 Å². The number of halogens is 1. The smallest absolute Gasteiger partial charge is 0.190 e. The number of guanidine groups is 1. The van der Waals surface area contributed by atoms with Gasteiger partial charge < -0.3 is 10.6 Å². The molecule has 0 saturated carbocycles. The summed E-state index contributed by atoms with van der Waals surface area (Å²) in [5.74, 6) is 1.67. The maximum absolute atomic E-state index is 4.34. The van der Waals surface area contributed by atoms with E-state index in [2.05, 4.69) is 55.6 Å². The number of nitrogens with one attached hydrogen (secondary N) is 2. The molecule has 144 valence electrons. The number of nitrogens with zero attached hydrogens (tertiary/aromatic N) is 2. The summed E-state index contributed by atoms with van der Waals surface area (Å²) in [6.45, 7) is 5.47. The molecular weight excluding hydrogens is 475 g/mol. The molecule has 2 aromatic heterocycles. The van der Waals surface area contributed by atoms with Crippen LogP contribution in [-0.2, 0) is 13.0 Å². The number of likely N-dealkylation sites (tertiary alicyclic amines) is 1. The highest BCUT2D eigenvalue weighted by Crippen LogP contribution is 2.20. The first-order chi connectivity index (χ1) is 12.3. The van der Waals surface area contributed by atoms with Gasteiger partial charge in [-0.15, -0.1) is 46.7 Å². The van der Waals surface area contributed by atoms with E-state index in [1.807, 2.05) is 29.7 Å². The molecule has 0 atom stereocenters. The summed E-state index contributed by atoms with van der Waals surface area (Å²) in [7, 11) is 1.85. The molecule has 2 aromatic rings. The number of aliphatic imine (C=N–C) groups is 1. The van der Waals surface area contributed by atoms with Crippen molar-refractivity contribution in [3.8, 4) is 0 Å². The molecule has 1 aliphatic rings. The molecular formula is C19H29IN4S2. The third-order valence-corrected chi connectivity index (χ3v) is 6.49. The van der Waals surface area contributed by atoms with E-state index in [9.17, 15) is 0 Å². The van der Waals surface area contributed by atoms with Crippen molar-refractivity contribution in [1.29, 1.82) is 0 Å². The molecule has 0 radical (unpaired) electrons. The zero-order valence-electron chi connectivity index (χ0n) is 15.3. The van der Waals surface area contributed by atoms with Crippen molar-refractivity contribution in [2.24, 2.45) is 10.9 Å². The van der Waals surface area contributed by atoms with Gasteiger partial charge in [-0.25, -0.2) is 0 Å². The van der Waals surface area contributed by atoms with Gasteiger partial charge >= 0.3 is 0 Å². The predicted molar refractivity (Wildman–Crippen MR) is 125 cm³/mol. The monoisotopic (exact) mass is 504 g/mol. The summed E-state index contributed by atoms with van der Waals surface area (Å²) in [6, 6.07) is 8.68. The van der Waals surface area contributed by atoms with Crippen LogP contribution in [0.1, 0.15) is 22.6 Å². The summed E-state index contributed by atoms with van der Waals surface area (Å²) >= 11 is 3.68. The Morgan fingerprint density at radius 3 is 2.42 bits per heavy atom. The first-order valence-corrected chi connectivity index (χ1v) is 10.8. The van der Waals surface area contributed by atoms with E-state index in [0.29, 0.717) is 0 Å². The highest BCUT2D eigenvalue weighted by molar-refractivity contribution is 14.0. The van der Waals surface area contributed by atoms with Crippen molar-refractivity contribution >= 4 is 52.6 Å². The van der Waals surface area contributed by atoms with Crippen LogP contribution in [0.25, 0.3) is 0 Å². The summed E-state index contributed by atoms with van der Waals surface area (Å²) < 4.78 is 0. The van der Waals surface area contributed by atoms with E-state index in [4.69, 9.17) is 0 Å². The molecule has 26 heavy (non-hydrogen) atoms. The van der Waals surface area contributed by atoms with E-state index in [1.54, 1.807) is 0 Å². The second-order valence-corrected chi connectivity index (χ2v) is 8.57. The Balaban J connectivity index is 0.00000243. The van der Waals surface area contributed by atoms with Gasteiger partial charge in [0, 0.05) is 36.4 Å². The zero-order chi connectivity index (χ0) is 17.3. The SMILES string of the molecule is CN=C(NCCc1cccs1)NCC1CCN(Cc2cccs2)CC1.I. The van der Waals surface area contributed by atoms with Crippen LogP contribution >= 0.6 is 46.7 Å². The molecule has 0 bridgehead atoms. The minimum atomic E-state index is 0. The number of hydrogen-bond acceptors (Lipinski definition) is 4. The van der Waals surface area contributed by atoms with E-state index in [0.717, 1.165) is 37.9 Å². The number of piperidine rings is 1. The van der Waals surface area contributed by atoms with E-state index < -0.39 is 0 Å². The van der Waals surface area contributed by atoms with Gasteiger partial charge in [0.15, 0.2) is 5.96 Å². The summed E-state index contributed by atoms with van der Waals surface area (Å²) in [4.78, 5) is 9.82. The third kappa shape index (κ3) is 7.17. The van der Waals surface area contributed by atoms with Crippen LogP contribution < -0.4 is 10.6 Å². The normalized spacial score (nSPS) is 16.3. The fraction of sp³-hybridized carbons (Fsp3) is 0.526. The van der Waals surface area contributed by atoms with Crippen molar-refractivity contribution in [3.63, 3.8) is 0 Å². The van der Waals surface area contributed by atoms with Gasteiger partial charge in [-0.1, -0.05) is 12.1 Å². The van der Waals surface area contributed by atoms with Gasteiger partial charge in [0.25, 0.3) is 0 Å². The zero-order valence-corrected chi connectivity index (χ0v) is 19.3. The molecule has 0 aromatic carbocycles. The Morgan fingerprint density at radius 1 is 1.12 bits per heavy atom. The molecule has 1 aliphatic heterocycles. The minimum absolute atomic E-state index is 0. The van der Waals surface area contributed by atoms with Crippen LogP contribution in [0.5, 0.6) is 0 Å². The van der Waals surface area contributed by atoms with Crippen LogP contribution in [0.2, 0.25) is 0 Å². The Bertz CT molecular complexity index is 620. The third-order valence-electron chi connectivity index (χ3n) is 4.69. The van der Waals surface area contributed by atoms with Gasteiger partial charge in [-0.05, 0) is 61.2 Å². The summed E-state index contributed by atoms with van der Waals surface area (Å²) in [5.41, 5.74) is 0. The lowest BCUT2D eigenvalue weighted by Crippen LogP contribution is -2.43. The molecule has 1 fully saturated rings. The van der Waals surface area contributed by atoms with Crippen LogP contribution in [-0.4, -0.2) is 44.1 Å². The highest BCUT2D eigenvalue weighted by atomic mass is 127. The van der Waals surface area contributed by atoms with Gasteiger partial charge in [-0.3, -0.25) is 9.89 Å². The van der Waals surface area contributed by atoms with Crippen LogP contribution in [0.4, 0.5) is 0 Å². The van der Waals surface area contributed by atoms with E-state index in [1.165, 1.54) is 35.7 Å². The molecule has 2 N–H and O–H groups in total. The summed E-state index contributed by atoms with van der Waals surface area (Å²) in [6.07, 6.45) is 3.59.